The van der Waals surface area contributed by atoms with Crippen molar-refractivity contribution in [1.82, 2.24) is 4.90 Å². The minimum atomic E-state index is -0.403. The molecule has 1 unspecified atom stereocenters. The Morgan fingerprint density at radius 2 is 1.88 bits per heavy atom. The number of carbonyl (C=O) groups is 1. The number of rotatable bonds is 2. The number of hydrogen-bond donors (Lipinski definition) is 1. The van der Waals surface area contributed by atoms with Crippen molar-refractivity contribution in [2.45, 2.75) is 51.4 Å². The molecule has 1 atom stereocenters. The molecule has 24 heavy (non-hydrogen) atoms. The van der Waals surface area contributed by atoms with Crippen molar-refractivity contribution in [3.05, 3.63) is 29.8 Å². The molecule has 0 saturated carbocycles. The molecule has 2 heterocycles. The van der Waals surface area contributed by atoms with Crippen LogP contribution in [0.5, 0.6) is 0 Å². The Morgan fingerprint density at radius 3 is 2.29 bits per heavy atom. The summed E-state index contributed by atoms with van der Waals surface area (Å²) in [6, 6.07) is 7.76. The van der Waals surface area contributed by atoms with Gasteiger partial charge >= 0.3 is 7.12 Å². The van der Waals surface area contributed by atoms with E-state index in [9.17, 15) is 4.79 Å². The first-order chi connectivity index (χ1) is 11.1. The average molecular weight is 332 g/mol. The van der Waals surface area contributed by atoms with Gasteiger partial charge in [-0.15, -0.1) is 0 Å². The van der Waals surface area contributed by atoms with E-state index in [1.54, 1.807) is 12.1 Å². The monoisotopic (exact) mass is 332 g/mol. The lowest BCUT2D eigenvalue weighted by atomic mass is 9.78. The van der Waals surface area contributed by atoms with Crippen molar-refractivity contribution in [3.63, 3.8) is 0 Å². The third kappa shape index (κ3) is 4.45. The molecule has 0 amide bonds. The lowest BCUT2D eigenvalue weighted by Crippen LogP contribution is -2.41. The number of hydrogen-bond acceptors (Lipinski definition) is 5. The Balaban J connectivity index is 0.000000249. The number of carbonyl (C=O) groups excluding carboxylic acids is 1. The number of likely N-dealkylation sites (N-methyl/N-ethyl adjacent to an activating group) is 1. The fourth-order valence-electron chi connectivity index (χ4n) is 2.73. The van der Waals surface area contributed by atoms with Crippen LogP contribution in [-0.2, 0) is 9.31 Å². The quantitative estimate of drug-likeness (QED) is 0.656. The van der Waals surface area contributed by atoms with Gasteiger partial charge in [-0.3, -0.25) is 4.79 Å². The molecule has 0 aromatic heterocycles. The molecule has 2 fully saturated rings. The van der Waals surface area contributed by atoms with Gasteiger partial charge < -0.3 is 19.9 Å². The van der Waals surface area contributed by atoms with Crippen LogP contribution in [0.1, 0.15) is 44.5 Å². The third-order valence-electron chi connectivity index (χ3n) is 5.00. The lowest BCUT2D eigenvalue weighted by Gasteiger charge is -2.32. The molecule has 1 aromatic rings. The highest BCUT2D eigenvalue weighted by Crippen LogP contribution is 2.36. The summed E-state index contributed by atoms with van der Waals surface area (Å²) in [7, 11) is 1.70. The maximum atomic E-state index is 10.7. The Labute approximate surface area is 145 Å². The number of aldehydes is 1. The van der Waals surface area contributed by atoms with Gasteiger partial charge in [0.1, 0.15) is 6.29 Å². The fourth-order valence-corrected chi connectivity index (χ4v) is 2.73. The Hall–Kier alpha value is -1.21. The van der Waals surface area contributed by atoms with Crippen molar-refractivity contribution in [1.29, 1.82) is 0 Å². The lowest BCUT2D eigenvalue weighted by molar-refractivity contribution is 0.00578. The number of nitrogens with zero attached hydrogens (tertiary/aromatic N) is 1. The van der Waals surface area contributed by atoms with E-state index >= 15 is 0 Å². The minimum Gasteiger partial charge on any atom is -0.399 e. The summed E-state index contributed by atoms with van der Waals surface area (Å²) >= 11 is 0. The summed E-state index contributed by atoms with van der Waals surface area (Å²) in [4.78, 5) is 13.0. The zero-order valence-electron chi connectivity index (χ0n) is 15.4. The van der Waals surface area contributed by atoms with Gasteiger partial charge in [0.15, 0.2) is 0 Å². The van der Waals surface area contributed by atoms with E-state index in [-0.39, 0.29) is 11.2 Å². The highest BCUT2D eigenvalue weighted by Gasteiger charge is 2.51. The van der Waals surface area contributed by atoms with Gasteiger partial charge in [-0.1, -0.05) is 24.3 Å². The molecule has 0 aliphatic carbocycles. The van der Waals surface area contributed by atoms with Crippen LogP contribution in [0.2, 0.25) is 0 Å². The summed E-state index contributed by atoms with van der Waals surface area (Å²) in [5, 5.41) is 0. The molecule has 6 heteroatoms. The van der Waals surface area contributed by atoms with E-state index < -0.39 is 7.12 Å². The molecule has 0 bridgehead atoms. The first kappa shape index (κ1) is 19.1. The second-order valence-corrected chi connectivity index (χ2v) is 7.69. The van der Waals surface area contributed by atoms with Crippen LogP contribution >= 0.6 is 0 Å². The first-order valence-electron chi connectivity index (χ1n) is 8.49. The zero-order valence-corrected chi connectivity index (χ0v) is 15.4. The average Bonchev–Trinajstić information content (AvgIpc) is 2.99. The standard InChI is InChI=1S/C13H17BO3.C5H12N2/c1-12(2)13(3,4)17-14(16-12)11-7-5-6-10(8-11)9-15;1-7-3-2-5(6)4-7/h5-9H,1-4H3;5H,2-4,6H2,1H3. The van der Waals surface area contributed by atoms with E-state index in [4.69, 9.17) is 15.0 Å². The second kappa shape index (κ2) is 7.36. The molecule has 0 spiro atoms. The van der Waals surface area contributed by atoms with Crippen LogP contribution in [0.15, 0.2) is 24.3 Å². The largest absolute Gasteiger partial charge is 0.494 e. The summed E-state index contributed by atoms with van der Waals surface area (Å²) in [6.07, 6.45) is 2.01. The minimum absolute atomic E-state index is 0.352. The molecular formula is C18H29BN2O3. The van der Waals surface area contributed by atoms with Crippen molar-refractivity contribution in [2.75, 3.05) is 20.1 Å². The van der Waals surface area contributed by atoms with Gasteiger partial charge in [-0.2, -0.15) is 0 Å². The van der Waals surface area contributed by atoms with E-state index in [2.05, 4.69) is 11.9 Å². The summed E-state index contributed by atoms with van der Waals surface area (Å²) in [6.45, 7) is 10.3. The summed E-state index contributed by atoms with van der Waals surface area (Å²) in [5.74, 6) is 0. The summed E-state index contributed by atoms with van der Waals surface area (Å²) in [5.41, 5.74) is 6.40. The normalized spacial score (nSPS) is 25.2. The van der Waals surface area contributed by atoms with Gasteiger partial charge in [-0.25, -0.2) is 0 Å². The van der Waals surface area contributed by atoms with Crippen molar-refractivity contribution in [2.24, 2.45) is 5.73 Å². The number of benzene rings is 1. The number of likely N-dealkylation sites (tertiary alicyclic amines) is 1. The maximum Gasteiger partial charge on any atom is 0.494 e. The first-order valence-corrected chi connectivity index (χ1v) is 8.49. The van der Waals surface area contributed by atoms with Crippen molar-refractivity contribution >= 4 is 18.9 Å². The Morgan fingerprint density at radius 1 is 1.25 bits per heavy atom. The number of nitrogens with two attached hydrogens (primary N) is 1. The molecule has 5 nitrogen and oxygen atoms in total. The van der Waals surface area contributed by atoms with Crippen LogP contribution in [0, 0.1) is 0 Å². The molecule has 2 aliphatic heterocycles. The highest BCUT2D eigenvalue weighted by molar-refractivity contribution is 6.62. The smallest absolute Gasteiger partial charge is 0.399 e. The van der Waals surface area contributed by atoms with Gasteiger partial charge in [0.25, 0.3) is 0 Å². The van der Waals surface area contributed by atoms with Crippen LogP contribution in [0.25, 0.3) is 0 Å². The van der Waals surface area contributed by atoms with Gasteiger partial charge in [0, 0.05) is 18.2 Å². The summed E-state index contributed by atoms with van der Waals surface area (Å²) < 4.78 is 11.8. The van der Waals surface area contributed by atoms with E-state index in [1.165, 1.54) is 13.0 Å². The van der Waals surface area contributed by atoms with Crippen LogP contribution < -0.4 is 11.2 Å². The van der Waals surface area contributed by atoms with Crippen LogP contribution in [-0.4, -0.2) is 55.7 Å². The van der Waals surface area contributed by atoms with Crippen LogP contribution in [0.4, 0.5) is 0 Å². The second-order valence-electron chi connectivity index (χ2n) is 7.69. The van der Waals surface area contributed by atoms with E-state index in [0.717, 1.165) is 18.3 Å². The predicted molar refractivity (Wildman–Crippen MR) is 97.6 cm³/mol. The zero-order chi connectivity index (χ0) is 18.0. The maximum absolute atomic E-state index is 10.7. The molecule has 3 rings (SSSR count). The van der Waals surface area contributed by atoms with Gasteiger partial charge in [0.05, 0.1) is 11.2 Å². The Bertz CT molecular complexity index is 553. The molecular weight excluding hydrogens is 303 g/mol. The Kier molecular flexibility index (Phi) is 5.86. The van der Waals surface area contributed by atoms with Gasteiger partial charge in [0.2, 0.25) is 0 Å². The predicted octanol–water partition coefficient (Wildman–Crippen LogP) is 1.45. The fraction of sp³-hybridized carbons (Fsp3) is 0.611. The SMILES string of the molecule is CC1(C)OB(c2cccc(C=O)c2)OC1(C)C.CN1CCC(N)C1. The molecule has 1 aromatic carbocycles. The van der Waals surface area contributed by atoms with E-state index in [0.29, 0.717) is 11.6 Å². The third-order valence-corrected chi connectivity index (χ3v) is 5.00. The van der Waals surface area contributed by atoms with Crippen LogP contribution in [0.3, 0.4) is 0 Å². The van der Waals surface area contributed by atoms with Crippen molar-refractivity contribution in [3.8, 4) is 0 Å². The van der Waals surface area contributed by atoms with E-state index in [1.807, 2.05) is 39.8 Å². The molecule has 2 aliphatic rings. The topological polar surface area (TPSA) is 64.8 Å². The molecule has 2 N–H and O–H groups in total. The van der Waals surface area contributed by atoms with Gasteiger partial charge in [-0.05, 0) is 53.2 Å². The molecule has 132 valence electrons. The highest BCUT2D eigenvalue weighted by atomic mass is 16.7. The van der Waals surface area contributed by atoms with Crippen molar-refractivity contribution < 1.29 is 14.1 Å². The molecule has 2 saturated heterocycles. The molecule has 0 radical (unpaired) electrons.